The molecule has 0 unspecified atom stereocenters. The number of hydrogen-bond donors (Lipinski definition) is 2. The fraction of sp³-hybridized carbons (Fsp3) is 0.417. The van der Waals surface area contributed by atoms with Crippen molar-refractivity contribution in [1.29, 1.82) is 5.26 Å². The van der Waals surface area contributed by atoms with Gasteiger partial charge in [0.15, 0.2) is 5.82 Å². The lowest BCUT2D eigenvalue weighted by Gasteiger charge is -2.19. The second-order valence-corrected chi connectivity index (χ2v) is 4.50. The van der Waals surface area contributed by atoms with Crippen molar-refractivity contribution in [3.8, 4) is 6.07 Å². The monoisotopic (exact) mass is 316 g/mol. The molecule has 0 aliphatic carbocycles. The summed E-state index contributed by atoms with van der Waals surface area (Å²) in [5, 5.41) is 20.6. The van der Waals surface area contributed by atoms with Crippen LogP contribution in [0.25, 0.3) is 0 Å². The first kappa shape index (κ1) is 14.9. The summed E-state index contributed by atoms with van der Waals surface area (Å²) in [7, 11) is 1.54. The van der Waals surface area contributed by atoms with Crippen LogP contribution in [0.2, 0.25) is 0 Å². The second kappa shape index (κ2) is 7.31. The molecule has 0 bridgehead atoms. The number of aliphatic hydroxyl groups excluding tert-OH is 1. The van der Waals surface area contributed by atoms with Crippen molar-refractivity contribution in [1.82, 2.24) is 0 Å². The molecule has 2 N–H and O–H groups in total. The Balaban J connectivity index is 2.90. The molecule has 0 radical (unpaired) electrons. The number of aliphatic hydroxyl groups is 1. The highest BCUT2D eigenvalue weighted by atomic mass is 79.9. The molecule has 0 aromatic heterocycles. The third kappa shape index (κ3) is 3.67. The molecule has 0 heterocycles. The molecule has 6 heteroatoms. The highest BCUT2D eigenvalue weighted by Crippen LogP contribution is 2.27. The van der Waals surface area contributed by atoms with E-state index >= 15 is 0 Å². The van der Waals surface area contributed by atoms with E-state index in [1.165, 1.54) is 19.2 Å². The molecule has 0 spiro atoms. The molecule has 0 saturated heterocycles. The van der Waals surface area contributed by atoms with E-state index in [1.807, 2.05) is 6.07 Å². The average molecular weight is 317 g/mol. The molecule has 0 aliphatic rings. The lowest BCUT2D eigenvalue weighted by molar-refractivity contribution is 0.170. The highest BCUT2D eigenvalue weighted by Gasteiger charge is 2.14. The van der Waals surface area contributed by atoms with Gasteiger partial charge in [0.05, 0.1) is 28.4 Å². The topological polar surface area (TPSA) is 65.3 Å². The van der Waals surface area contributed by atoms with Gasteiger partial charge in [-0.15, -0.1) is 0 Å². The third-order valence-corrected chi connectivity index (χ3v) is 3.18. The summed E-state index contributed by atoms with van der Waals surface area (Å²) >= 11 is 3.04. The van der Waals surface area contributed by atoms with Crippen molar-refractivity contribution < 1.29 is 14.2 Å². The SMILES string of the molecule is COC[C@H](CCO)Nc1ccc(C#N)c(Br)c1F. The van der Waals surface area contributed by atoms with Gasteiger partial charge < -0.3 is 15.2 Å². The van der Waals surface area contributed by atoms with E-state index in [0.717, 1.165) is 0 Å². The Kier molecular flexibility index (Phi) is 6.05. The third-order valence-electron chi connectivity index (χ3n) is 2.41. The van der Waals surface area contributed by atoms with Gasteiger partial charge >= 0.3 is 0 Å². The fourth-order valence-electron chi connectivity index (χ4n) is 1.52. The predicted octanol–water partition coefficient (Wildman–Crippen LogP) is 2.27. The number of nitriles is 1. The Hall–Kier alpha value is -1.16. The van der Waals surface area contributed by atoms with E-state index in [0.29, 0.717) is 13.0 Å². The Morgan fingerprint density at radius 1 is 1.61 bits per heavy atom. The maximum Gasteiger partial charge on any atom is 0.161 e. The average Bonchev–Trinajstić information content (AvgIpc) is 2.36. The smallest absolute Gasteiger partial charge is 0.161 e. The zero-order valence-electron chi connectivity index (χ0n) is 9.91. The van der Waals surface area contributed by atoms with E-state index in [9.17, 15) is 4.39 Å². The molecular weight excluding hydrogens is 303 g/mol. The van der Waals surface area contributed by atoms with E-state index in [-0.39, 0.29) is 28.4 Å². The van der Waals surface area contributed by atoms with Gasteiger partial charge in [0.1, 0.15) is 6.07 Å². The minimum Gasteiger partial charge on any atom is -0.396 e. The lowest BCUT2D eigenvalue weighted by Crippen LogP contribution is -2.26. The highest BCUT2D eigenvalue weighted by molar-refractivity contribution is 9.10. The normalized spacial score (nSPS) is 11.9. The van der Waals surface area contributed by atoms with Crippen molar-refractivity contribution in [2.45, 2.75) is 12.5 Å². The summed E-state index contributed by atoms with van der Waals surface area (Å²) in [6.45, 7) is 0.345. The quantitative estimate of drug-likeness (QED) is 0.845. The van der Waals surface area contributed by atoms with Crippen LogP contribution < -0.4 is 5.32 Å². The number of halogens is 2. The van der Waals surface area contributed by atoms with Gasteiger partial charge in [-0.2, -0.15) is 5.26 Å². The van der Waals surface area contributed by atoms with Crippen LogP contribution in [0.5, 0.6) is 0 Å². The molecule has 0 saturated carbocycles. The minimum atomic E-state index is -0.520. The standard InChI is InChI=1S/C12H14BrFN2O2/c1-18-7-9(4-5-17)16-10-3-2-8(6-15)11(13)12(10)14/h2-3,9,16-17H,4-5,7H2,1H3/t9-/m0/s1. The van der Waals surface area contributed by atoms with Crippen LogP contribution >= 0.6 is 15.9 Å². The van der Waals surface area contributed by atoms with E-state index in [2.05, 4.69) is 21.2 Å². The van der Waals surface area contributed by atoms with Crippen LogP contribution in [0.4, 0.5) is 10.1 Å². The Labute approximate surface area is 114 Å². The van der Waals surface area contributed by atoms with Crippen LogP contribution in [0, 0.1) is 17.1 Å². The summed E-state index contributed by atoms with van der Waals surface area (Å²) in [5.74, 6) is -0.520. The second-order valence-electron chi connectivity index (χ2n) is 3.71. The predicted molar refractivity (Wildman–Crippen MR) is 69.8 cm³/mol. The van der Waals surface area contributed by atoms with E-state index in [1.54, 1.807) is 0 Å². The molecular formula is C12H14BrFN2O2. The number of nitrogens with zero attached hydrogens (tertiary/aromatic N) is 1. The Morgan fingerprint density at radius 3 is 2.89 bits per heavy atom. The van der Waals surface area contributed by atoms with E-state index < -0.39 is 5.82 Å². The van der Waals surface area contributed by atoms with E-state index in [4.69, 9.17) is 15.1 Å². The molecule has 0 fully saturated rings. The van der Waals surface area contributed by atoms with Crippen LogP contribution in [0.1, 0.15) is 12.0 Å². The number of hydrogen-bond acceptors (Lipinski definition) is 4. The van der Waals surface area contributed by atoms with Crippen molar-refractivity contribution in [2.75, 3.05) is 25.6 Å². The van der Waals surface area contributed by atoms with Crippen LogP contribution in [0.3, 0.4) is 0 Å². The van der Waals surface area contributed by atoms with Crippen molar-refractivity contribution in [3.63, 3.8) is 0 Å². The van der Waals surface area contributed by atoms with Crippen LogP contribution in [0.15, 0.2) is 16.6 Å². The number of ether oxygens (including phenoxy) is 1. The van der Waals surface area contributed by atoms with Crippen LogP contribution in [-0.2, 0) is 4.74 Å². The summed E-state index contributed by atoms with van der Waals surface area (Å²) in [6.07, 6.45) is 0.449. The van der Waals surface area contributed by atoms with Gasteiger partial charge in [-0.3, -0.25) is 0 Å². The molecule has 1 aromatic carbocycles. The summed E-state index contributed by atoms with van der Waals surface area (Å²) in [4.78, 5) is 0. The van der Waals surface area contributed by atoms with Gasteiger partial charge in [-0.05, 0) is 34.5 Å². The van der Waals surface area contributed by atoms with Crippen molar-refractivity contribution in [2.24, 2.45) is 0 Å². The molecule has 98 valence electrons. The minimum absolute atomic E-state index is 0.0138. The number of methoxy groups -OCH3 is 1. The number of benzene rings is 1. The maximum atomic E-state index is 13.9. The number of nitrogens with one attached hydrogen (secondary N) is 1. The summed E-state index contributed by atoms with van der Waals surface area (Å²) in [5.41, 5.74) is 0.514. The summed E-state index contributed by atoms with van der Waals surface area (Å²) in [6, 6.07) is 4.73. The van der Waals surface area contributed by atoms with Gasteiger partial charge in [0.25, 0.3) is 0 Å². The molecule has 1 atom stereocenters. The molecule has 0 amide bonds. The largest absolute Gasteiger partial charge is 0.396 e. The molecule has 1 rings (SSSR count). The zero-order valence-corrected chi connectivity index (χ0v) is 11.5. The van der Waals surface area contributed by atoms with Gasteiger partial charge in [-0.25, -0.2) is 4.39 Å². The molecule has 0 aliphatic heterocycles. The molecule has 4 nitrogen and oxygen atoms in total. The first-order valence-electron chi connectivity index (χ1n) is 5.38. The number of anilines is 1. The first-order chi connectivity index (χ1) is 8.63. The maximum absolute atomic E-state index is 13.9. The first-order valence-corrected chi connectivity index (χ1v) is 6.17. The van der Waals surface area contributed by atoms with Gasteiger partial charge in [-0.1, -0.05) is 0 Å². The zero-order chi connectivity index (χ0) is 13.5. The fourth-order valence-corrected chi connectivity index (χ4v) is 1.96. The van der Waals surface area contributed by atoms with Crippen molar-refractivity contribution >= 4 is 21.6 Å². The molecule has 18 heavy (non-hydrogen) atoms. The van der Waals surface area contributed by atoms with Crippen molar-refractivity contribution in [3.05, 3.63) is 28.0 Å². The lowest BCUT2D eigenvalue weighted by atomic mass is 10.1. The van der Waals surface area contributed by atoms with Gasteiger partial charge in [0, 0.05) is 13.7 Å². The molecule has 1 aromatic rings. The van der Waals surface area contributed by atoms with Crippen LogP contribution in [-0.4, -0.2) is 31.5 Å². The Bertz CT molecular complexity index is 442. The number of rotatable bonds is 6. The van der Waals surface area contributed by atoms with Gasteiger partial charge in [0.2, 0.25) is 0 Å². The Morgan fingerprint density at radius 2 is 2.33 bits per heavy atom. The summed E-state index contributed by atoms with van der Waals surface area (Å²) < 4.78 is 19.0.